The van der Waals surface area contributed by atoms with E-state index in [0.717, 1.165) is 22.2 Å². The maximum absolute atomic E-state index is 13.1. The Labute approximate surface area is 104 Å². The molecule has 2 aromatic rings. The van der Waals surface area contributed by atoms with Crippen molar-refractivity contribution in [1.29, 1.82) is 0 Å². The molecule has 5 heteroatoms. The second kappa shape index (κ2) is 4.79. The zero-order valence-corrected chi connectivity index (χ0v) is 10.6. The van der Waals surface area contributed by atoms with Crippen molar-refractivity contribution < 1.29 is 4.39 Å². The van der Waals surface area contributed by atoms with Gasteiger partial charge < -0.3 is 5.73 Å². The first-order chi connectivity index (χ1) is 8.11. The van der Waals surface area contributed by atoms with Crippen LogP contribution in [0.4, 0.5) is 10.1 Å². The van der Waals surface area contributed by atoms with E-state index in [1.165, 1.54) is 23.9 Å². The number of hydrogen-bond donors (Lipinski definition) is 1. The Morgan fingerprint density at radius 3 is 2.88 bits per heavy atom. The first-order valence-corrected chi connectivity index (χ1v) is 6.19. The van der Waals surface area contributed by atoms with Crippen molar-refractivity contribution in [2.24, 2.45) is 0 Å². The van der Waals surface area contributed by atoms with E-state index in [9.17, 15) is 4.39 Å². The summed E-state index contributed by atoms with van der Waals surface area (Å²) in [6, 6.07) is 6.46. The molecule has 0 saturated heterocycles. The van der Waals surface area contributed by atoms with E-state index in [1.807, 2.05) is 24.6 Å². The van der Waals surface area contributed by atoms with E-state index < -0.39 is 0 Å². The summed E-state index contributed by atoms with van der Waals surface area (Å²) in [7, 11) is 0. The van der Waals surface area contributed by atoms with Gasteiger partial charge in [0.1, 0.15) is 10.8 Å². The smallest absolute Gasteiger partial charge is 0.124 e. The Morgan fingerprint density at radius 2 is 2.24 bits per heavy atom. The SMILES string of the molecule is CCn1nc(C)c(N)c1Sc1cccc(F)c1. The summed E-state index contributed by atoms with van der Waals surface area (Å²) in [6.07, 6.45) is 0. The normalized spacial score (nSPS) is 10.8. The highest BCUT2D eigenvalue weighted by molar-refractivity contribution is 7.99. The molecule has 3 nitrogen and oxygen atoms in total. The highest BCUT2D eigenvalue weighted by Gasteiger charge is 2.12. The molecule has 0 aliphatic heterocycles. The average Bonchev–Trinajstić information content (AvgIpc) is 2.57. The van der Waals surface area contributed by atoms with Crippen molar-refractivity contribution in [2.75, 3.05) is 5.73 Å². The lowest BCUT2D eigenvalue weighted by atomic mass is 10.4. The average molecular weight is 251 g/mol. The van der Waals surface area contributed by atoms with Crippen LogP contribution in [0.25, 0.3) is 0 Å². The summed E-state index contributed by atoms with van der Waals surface area (Å²) in [5.41, 5.74) is 7.45. The predicted octanol–water partition coefficient (Wildman–Crippen LogP) is 3.08. The molecule has 1 aromatic heterocycles. The van der Waals surface area contributed by atoms with Crippen LogP contribution in [0.1, 0.15) is 12.6 Å². The van der Waals surface area contributed by atoms with Crippen molar-refractivity contribution in [1.82, 2.24) is 9.78 Å². The molecule has 0 aliphatic carbocycles. The van der Waals surface area contributed by atoms with Crippen LogP contribution in [-0.2, 0) is 6.54 Å². The van der Waals surface area contributed by atoms with Crippen molar-refractivity contribution in [3.8, 4) is 0 Å². The van der Waals surface area contributed by atoms with E-state index in [-0.39, 0.29) is 5.82 Å². The van der Waals surface area contributed by atoms with E-state index in [0.29, 0.717) is 5.69 Å². The molecule has 0 saturated carbocycles. The molecule has 0 spiro atoms. The lowest BCUT2D eigenvalue weighted by molar-refractivity contribution is 0.601. The van der Waals surface area contributed by atoms with Crippen LogP contribution in [0, 0.1) is 12.7 Å². The van der Waals surface area contributed by atoms with Gasteiger partial charge in [-0.25, -0.2) is 4.39 Å². The second-order valence-corrected chi connectivity index (χ2v) is 4.74. The van der Waals surface area contributed by atoms with Gasteiger partial charge in [-0.2, -0.15) is 5.10 Å². The topological polar surface area (TPSA) is 43.8 Å². The van der Waals surface area contributed by atoms with E-state index >= 15 is 0 Å². The number of aromatic nitrogens is 2. The van der Waals surface area contributed by atoms with E-state index in [4.69, 9.17) is 5.73 Å². The molecule has 0 bridgehead atoms. The van der Waals surface area contributed by atoms with Gasteiger partial charge in [0, 0.05) is 11.4 Å². The molecule has 1 heterocycles. The van der Waals surface area contributed by atoms with Gasteiger partial charge in [0.15, 0.2) is 0 Å². The maximum atomic E-state index is 13.1. The maximum Gasteiger partial charge on any atom is 0.124 e. The standard InChI is InChI=1S/C12H14FN3S/c1-3-16-12(11(14)8(2)15-16)17-10-6-4-5-9(13)7-10/h4-7H,3,14H2,1-2H3. The molecule has 2 rings (SSSR count). The van der Waals surface area contributed by atoms with Gasteiger partial charge in [-0.3, -0.25) is 4.68 Å². The molecule has 0 fully saturated rings. The number of anilines is 1. The minimum Gasteiger partial charge on any atom is -0.395 e. The number of aryl methyl sites for hydroxylation is 2. The summed E-state index contributed by atoms with van der Waals surface area (Å²) < 4.78 is 14.9. The van der Waals surface area contributed by atoms with Crippen LogP contribution < -0.4 is 5.73 Å². The van der Waals surface area contributed by atoms with Gasteiger partial charge >= 0.3 is 0 Å². The molecule has 0 unspecified atom stereocenters. The highest BCUT2D eigenvalue weighted by Crippen LogP contribution is 2.33. The van der Waals surface area contributed by atoms with Crippen molar-refractivity contribution in [3.63, 3.8) is 0 Å². The van der Waals surface area contributed by atoms with Crippen molar-refractivity contribution >= 4 is 17.4 Å². The third-order valence-corrected chi connectivity index (χ3v) is 3.55. The number of nitrogen functional groups attached to an aromatic ring is 1. The van der Waals surface area contributed by atoms with Crippen LogP contribution in [0.3, 0.4) is 0 Å². The molecule has 0 atom stereocenters. The second-order valence-electron chi connectivity index (χ2n) is 3.68. The van der Waals surface area contributed by atoms with Crippen LogP contribution >= 0.6 is 11.8 Å². The van der Waals surface area contributed by atoms with Gasteiger partial charge in [0.25, 0.3) is 0 Å². The fourth-order valence-electron chi connectivity index (χ4n) is 1.54. The molecule has 2 N–H and O–H groups in total. The fourth-order valence-corrected chi connectivity index (χ4v) is 2.61. The molecule has 0 amide bonds. The Bertz CT molecular complexity index is 537. The van der Waals surface area contributed by atoms with Crippen LogP contribution in [-0.4, -0.2) is 9.78 Å². The van der Waals surface area contributed by atoms with E-state index in [1.54, 1.807) is 6.07 Å². The van der Waals surface area contributed by atoms with Gasteiger partial charge in [0.2, 0.25) is 0 Å². The predicted molar refractivity (Wildman–Crippen MR) is 67.6 cm³/mol. The first kappa shape index (κ1) is 12.0. The molecular formula is C12H14FN3S. The lowest BCUT2D eigenvalue weighted by Gasteiger charge is -2.05. The van der Waals surface area contributed by atoms with Crippen LogP contribution in [0.5, 0.6) is 0 Å². The molecule has 90 valence electrons. The number of halogens is 1. The van der Waals surface area contributed by atoms with Crippen molar-refractivity contribution in [3.05, 3.63) is 35.8 Å². The van der Waals surface area contributed by atoms with Gasteiger partial charge in [-0.1, -0.05) is 17.8 Å². The molecule has 1 aromatic carbocycles. The summed E-state index contributed by atoms with van der Waals surface area (Å²) in [6.45, 7) is 4.62. The summed E-state index contributed by atoms with van der Waals surface area (Å²) in [5, 5.41) is 5.20. The third kappa shape index (κ3) is 2.44. The summed E-state index contributed by atoms with van der Waals surface area (Å²) in [4.78, 5) is 0.825. The quantitative estimate of drug-likeness (QED) is 0.911. The number of hydrogen-bond acceptors (Lipinski definition) is 3. The zero-order valence-electron chi connectivity index (χ0n) is 9.77. The number of nitrogens with two attached hydrogens (primary N) is 1. The number of rotatable bonds is 3. The molecule has 0 aliphatic rings. The number of benzene rings is 1. The lowest BCUT2D eigenvalue weighted by Crippen LogP contribution is -1.98. The Balaban J connectivity index is 2.35. The number of nitrogens with zero attached hydrogens (tertiary/aromatic N) is 2. The first-order valence-electron chi connectivity index (χ1n) is 5.38. The van der Waals surface area contributed by atoms with E-state index in [2.05, 4.69) is 5.10 Å². The summed E-state index contributed by atoms with van der Waals surface area (Å²) >= 11 is 1.44. The van der Waals surface area contributed by atoms with Crippen LogP contribution in [0.15, 0.2) is 34.2 Å². The van der Waals surface area contributed by atoms with Gasteiger partial charge in [-0.15, -0.1) is 0 Å². The fraction of sp³-hybridized carbons (Fsp3) is 0.250. The zero-order chi connectivity index (χ0) is 12.4. The Morgan fingerprint density at radius 1 is 1.47 bits per heavy atom. The minimum absolute atomic E-state index is 0.243. The van der Waals surface area contributed by atoms with Gasteiger partial charge in [-0.05, 0) is 32.0 Å². The van der Waals surface area contributed by atoms with Crippen molar-refractivity contribution in [2.45, 2.75) is 30.3 Å². The molecule has 0 radical (unpaired) electrons. The Kier molecular flexibility index (Phi) is 3.38. The largest absolute Gasteiger partial charge is 0.395 e. The monoisotopic (exact) mass is 251 g/mol. The molecule has 17 heavy (non-hydrogen) atoms. The highest BCUT2D eigenvalue weighted by atomic mass is 32.2. The Hall–Kier alpha value is -1.49. The van der Waals surface area contributed by atoms with Gasteiger partial charge in [0.05, 0.1) is 11.4 Å². The van der Waals surface area contributed by atoms with Crippen LogP contribution in [0.2, 0.25) is 0 Å². The molecular weight excluding hydrogens is 237 g/mol. The minimum atomic E-state index is -0.243. The summed E-state index contributed by atoms with van der Waals surface area (Å²) in [5.74, 6) is -0.243. The third-order valence-electron chi connectivity index (χ3n) is 2.44.